The molecule has 0 N–H and O–H groups in total. The number of hydrogen-bond donors (Lipinski definition) is 0. The highest BCUT2D eigenvalue weighted by atomic mass is 16.7. The standard InChI is InChI=1S/C27H30N2O4/c1-3-18-15-20(4-2)24(32-17-18)23-22-25(33-29(23)21-13-9-6-10-14-21)27(31)28(26(22)30)16-19-11-7-5-8-12-19/h5-14,17,20,22-25H,3-4,15-16H2,1-2H3/t20-,22-,23+,24-,25+/m1/s1. The van der Waals surface area contributed by atoms with Gasteiger partial charge in [-0.1, -0.05) is 62.4 Å². The van der Waals surface area contributed by atoms with Crippen molar-refractivity contribution in [3.63, 3.8) is 0 Å². The summed E-state index contributed by atoms with van der Waals surface area (Å²) in [4.78, 5) is 34.6. The smallest absolute Gasteiger partial charge is 0.262 e. The average molecular weight is 447 g/mol. The number of imide groups is 1. The van der Waals surface area contributed by atoms with E-state index in [0.29, 0.717) is 0 Å². The van der Waals surface area contributed by atoms with E-state index in [4.69, 9.17) is 9.57 Å². The van der Waals surface area contributed by atoms with Gasteiger partial charge in [0.05, 0.1) is 18.5 Å². The third-order valence-corrected chi connectivity index (χ3v) is 7.14. The largest absolute Gasteiger partial charge is 0.495 e. The number of anilines is 1. The quantitative estimate of drug-likeness (QED) is 0.613. The van der Waals surface area contributed by atoms with E-state index in [2.05, 4.69) is 13.8 Å². The third kappa shape index (κ3) is 3.82. The van der Waals surface area contributed by atoms with Gasteiger partial charge in [-0.05, 0) is 42.5 Å². The fraction of sp³-hybridized carbons (Fsp3) is 0.407. The van der Waals surface area contributed by atoms with E-state index in [1.54, 1.807) is 5.06 Å². The van der Waals surface area contributed by atoms with E-state index < -0.39 is 12.0 Å². The van der Waals surface area contributed by atoms with Crippen molar-refractivity contribution in [1.29, 1.82) is 0 Å². The maximum absolute atomic E-state index is 13.7. The predicted octanol–water partition coefficient (Wildman–Crippen LogP) is 4.47. The Kier molecular flexibility index (Phi) is 5.94. The minimum Gasteiger partial charge on any atom is -0.495 e. The first kappa shape index (κ1) is 21.7. The van der Waals surface area contributed by atoms with Crippen LogP contribution in [0.15, 0.2) is 72.5 Å². The molecule has 33 heavy (non-hydrogen) atoms. The zero-order valence-electron chi connectivity index (χ0n) is 19.1. The van der Waals surface area contributed by atoms with Crippen LogP contribution in [0.2, 0.25) is 0 Å². The van der Waals surface area contributed by atoms with Crippen LogP contribution in [0.4, 0.5) is 5.69 Å². The van der Waals surface area contributed by atoms with Gasteiger partial charge in [0.2, 0.25) is 5.91 Å². The molecule has 3 aliphatic rings. The Morgan fingerprint density at radius 2 is 1.64 bits per heavy atom. The van der Waals surface area contributed by atoms with Gasteiger partial charge in [0, 0.05) is 5.92 Å². The van der Waals surface area contributed by atoms with Crippen LogP contribution >= 0.6 is 0 Å². The number of para-hydroxylation sites is 1. The van der Waals surface area contributed by atoms with Gasteiger partial charge in [0.15, 0.2) is 6.10 Å². The molecule has 3 heterocycles. The molecule has 0 bridgehead atoms. The van der Waals surface area contributed by atoms with E-state index in [9.17, 15) is 9.59 Å². The van der Waals surface area contributed by atoms with Crippen molar-refractivity contribution in [3.05, 3.63) is 78.1 Å². The maximum Gasteiger partial charge on any atom is 0.262 e. The summed E-state index contributed by atoms with van der Waals surface area (Å²) in [6.45, 7) is 4.55. The number of hydroxylamine groups is 1. The molecule has 2 saturated heterocycles. The third-order valence-electron chi connectivity index (χ3n) is 7.14. The molecular weight excluding hydrogens is 416 g/mol. The van der Waals surface area contributed by atoms with E-state index >= 15 is 0 Å². The summed E-state index contributed by atoms with van der Waals surface area (Å²) in [5.41, 5.74) is 3.03. The number of amides is 2. The van der Waals surface area contributed by atoms with Crippen LogP contribution in [-0.2, 0) is 25.7 Å². The normalized spacial score (nSPS) is 29.2. The number of nitrogens with zero attached hydrogens (tertiary/aromatic N) is 2. The topological polar surface area (TPSA) is 59.1 Å². The molecule has 6 heteroatoms. The van der Waals surface area contributed by atoms with Gasteiger partial charge < -0.3 is 4.74 Å². The molecule has 0 unspecified atom stereocenters. The lowest BCUT2D eigenvalue weighted by Gasteiger charge is -2.39. The first-order chi connectivity index (χ1) is 16.1. The first-order valence-corrected chi connectivity index (χ1v) is 11.9. The number of hydrogen-bond acceptors (Lipinski definition) is 5. The Balaban J connectivity index is 1.50. The molecule has 0 saturated carbocycles. The average Bonchev–Trinajstić information content (AvgIpc) is 3.36. The Morgan fingerprint density at radius 1 is 0.939 bits per heavy atom. The lowest BCUT2D eigenvalue weighted by atomic mass is 9.80. The predicted molar refractivity (Wildman–Crippen MR) is 125 cm³/mol. The zero-order valence-corrected chi connectivity index (χ0v) is 19.1. The van der Waals surface area contributed by atoms with Crippen LogP contribution in [0.25, 0.3) is 0 Å². The minimum absolute atomic E-state index is 0.180. The monoisotopic (exact) mass is 446 g/mol. The summed E-state index contributed by atoms with van der Waals surface area (Å²) < 4.78 is 6.30. The fourth-order valence-corrected chi connectivity index (χ4v) is 5.32. The molecule has 5 rings (SSSR count). The second kappa shape index (κ2) is 9.02. The van der Waals surface area contributed by atoms with Crippen molar-refractivity contribution >= 4 is 17.5 Å². The van der Waals surface area contributed by atoms with Crippen LogP contribution in [-0.4, -0.2) is 35.0 Å². The van der Waals surface area contributed by atoms with Gasteiger partial charge in [-0.15, -0.1) is 0 Å². The van der Waals surface area contributed by atoms with E-state index in [1.165, 1.54) is 10.5 Å². The van der Waals surface area contributed by atoms with Gasteiger partial charge in [-0.25, -0.2) is 5.06 Å². The molecule has 0 radical (unpaired) electrons. The Morgan fingerprint density at radius 3 is 2.30 bits per heavy atom. The molecule has 3 aliphatic heterocycles. The molecule has 2 amide bonds. The summed E-state index contributed by atoms with van der Waals surface area (Å²) in [5, 5.41) is 1.77. The second-order valence-electron chi connectivity index (χ2n) is 9.05. The summed E-state index contributed by atoms with van der Waals surface area (Å²) >= 11 is 0. The van der Waals surface area contributed by atoms with Crippen molar-refractivity contribution in [2.45, 2.75) is 57.9 Å². The number of benzene rings is 2. The highest BCUT2D eigenvalue weighted by Crippen LogP contribution is 2.44. The maximum atomic E-state index is 13.7. The van der Waals surface area contributed by atoms with E-state index in [-0.39, 0.29) is 36.4 Å². The lowest BCUT2D eigenvalue weighted by Crippen LogP contribution is -2.50. The Hall–Kier alpha value is -3.12. The highest BCUT2D eigenvalue weighted by molar-refractivity contribution is 6.07. The molecule has 5 atom stereocenters. The van der Waals surface area contributed by atoms with Gasteiger partial charge in [-0.2, -0.15) is 0 Å². The summed E-state index contributed by atoms with van der Waals surface area (Å²) in [6.07, 6.45) is 3.59. The van der Waals surface area contributed by atoms with Crippen molar-refractivity contribution in [2.24, 2.45) is 11.8 Å². The first-order valence-electron chi connectivity index (χ1n) is 11.9. The molecule has 0 aliphatic carbocycles. The zero-order chi connectivity index (χ0) is 22.9. The molecule has 172 valence electrons. The number of carbonyl (C=O) groups excluding carboxylic acids is 2. The molecule has 2 aromatic carbocycles. The summed E-state index contributed by atoms with van der Waals surface area (Å²) in [6, 6.07) is 18.9. The number of carbonyl (C=O) groups is 2. The van der Waals surface area contributed by atoms with Crippen molar-refractivity contribution in [1.82, 2.24) is 4.90 Å². The minimum atomic E-state index is -0.830. The van der Waals surface area contributed by atoms with Gasteiger partial charge in [-0.3, -0.25) is 19.3 Å². The van der Waals surface area contributed by atoms with Crippen molar-refractivity contribution in [3.8, 4) is 0 Å². The molecule has 2 aromatic rings. The molecule has 2 fully saturated rings. The van der Waals surface area contributed by atoms with Crippen molar-refractivity contribution < 1.29 is 19.2 Å². The second-order valence-corrected chi connectivity index (χ2v) is 9.05. The van der Waals surface area contributed by atoms with Crippen LogP contribution < -0.4 is 5.06 Å². The highest BCUT2D eigenvalue weighted by Gasteiger charge is 2.62. The van der Waals surface area contributed by atoms with E-state index in [0.717, 1.165) is 30.5 Å². The van der Waals surface area contributed by atoms with Crippen LogP contribution in [0.1, 0.15) is 38.7 Å². The molecular formula is C27H30N2O4. The molecule has 6 nitrogen and oxygen atoms in total. The van der Waals surface area contributed by atoms with Crippen LogP contribution in [0.3, 0.4) is 0 Å². The Labute approximate surface area is 194 Å². The van der Waals surface area contributed by atoms with Crippen LogP contribution in [0.5, 0.6) is 0 Å². The number of fused-ring (bicyclic) bond motifs is 1. The van der Waals surface area contributed by atoms with Crippen molar-refractivity contribution in [2.75, 3.05) is 5.06 Å². The van der Waals surface area contributed by atoms with E-state index in [1.807, 2.05) is 66.9 Å². The lowest BCUT2D eigenvalue weighted by molar-refractivity contribution is -0.144. The van der Waals surface area contributed by atoms with Crippen LogP contribution in [0, 0.1) is 11.8 Å². The fourth-order valence-electron chi connectivity index (χ4n) is 5.32. The summed E-state index contributed by atoms with van der Waals surface area (Å²) in [7, 11) is 0. The molecule has 0 aromatic heterocycles. The number of likely N-dealkylation sites (tertiary alicyclic amines) is 1. The summed E-state index contributed by atoms with van der Waals surface area (Å²) in [5.74, 6) is -0.807. The van der Waals surface area contributed by atoms with Gasteiger partial charge >= 0.3 is 0 Å². The SMILES string of the molecule is CCC1=CO[C@@H]([C@@H]2[C@H]3C(=O)N(Cc4ccccc4)C(=O)[C@H]3ON2c2ccccc2)[C@H](CC)C1. The number of allylic oxidation sites excluding steroid dienone is 1. The van der Waals surface area contributed by atoms with Gasteiger partial charge in [0.25, 0.3) is 5.91 Å². The Bertz CT molecular complexity index is 1040. The number of rotatable bonds is 6. The number of ether oxygens (including phenoxy) is 1. The van der Waals surface area contributed by atoms with Gasteiger partial charge in [0.1, 0.15) is 18.1 Å². The molecule has 0 spiro atoms.